The number of amides is 1. The van der Waals surface area contributed by atoms with Gasteiger partial charge in [0.25, 0.3) is 0 Å². The molecule has 0 atom stereocenters. The van der Waals surface area contributed by atoms with Crippen molar-refractivity contribution in [3.8, 4) is 0 Å². The lowest BCUT2D eigenvalue weighted by molar-refractivity contribution is -0.121. The Labute approximate surface area is 75.7 Å². The van der Waals surface area contributed by atoms with Crippen LogP contribution in [-0.2, 0) is 4.79 Å². The van der Waals surface area contributed by atoms with E-state index in [4.69, 9.17) is 0 Å². The Morgan fingerprint density at radius 1 is 1.42 bits per heavy atom. The summed E-state index contributed by atoms with van der Waals surface area (Å²) >= 11 is 0. The zero-order chi connectivity index (χ0) is 9.40. The van der Waals surface area contributed by atoms with E-state index in [9.17, 15) is 4.79 Å². The molecule has 1 amide bonds. The fourth-order valence-electron chi connectivity index (χ4n) is 0.913. The topological polar surface area (TPSA) is 29.1 Å². The molecular weight excluding hydrogens is 150 g/mol. The van der Waals surface area contributed by atoms with Crippen LogP contribution < -0.4 is 5.32 Å². The monoisotopic (exact) mass is 171 g/mol. The summed E-state index contributed by atoms with van der Waals surface area (Å²) in [4.78, 5) is 11.1. The van der Waals surface area contributed by atoms with Crippen molar-refractivity contribution < 1.29 is 4.79 Å². The van der Waals surface area contributed by atoms with Gasteiger partial charge in [0.05, 0.1) is 0 Å². The lowest BCUT2D eigenvalue weighted by Crippen LogP contribution is -2.24. The second kappa shape index (κ2) is 7.14. The van der Waals surface area contributed by atoms with Gasteiger partial charge >= 0.3 is 0 Å². The number of unbranched alkanes of at least 4 members (excludes halogenated alkanes) is 1. The fraction of sp³-hybridized carbons (Fsp3) is 0.900. The highest BCUT2D eigenvalue weighted by molar-refractivity contribution is 5.75. The minimum Gasteiger partial charge on any atom is -0.356 e. The van der Waals surface area contributed by atoms with Crippen molar-refractivity contribution in [2.75, 3.05) is 6.54 Å². The molecule has 0 unspecified atom stereocenters. The SMILES string of the molecule is CCCCNC(=O)CCC(C)C. The summed E-state index contributed by atoms with van der Waals surface area (Å²) in [5.41, 5.74) is 0. The normalized spacial score (nSPS) is 10.3. The first-order valence-corrected chi connectivity index (χ1v) is 4.93. The number of hydrogen-bond donors (Lipinski definition) is 1. The number of hydrogen-bond acceptors (Lipinski definition) is 1. The minimum absolute atomic E-state index is 0.206. The van der Waals surface area contributed by atoms with Gasteiger partial charge in [-0.25, -0.2) is 0 Å². The Hall–Kier alpha value is -0.530. The first-order valence-electron chi connectivity index (χ1n) is 4.93. The maximum absolute atomic E-state index is 11.1. The van der Waals surface area contributed by atoms with Crippen molar-refractivity contribution in [2.24, 2.45) is 5.92 Å². The van der Waals surface area contributed by atoms with Gasteiger partial charge in [-0.1, -0.05) is 27.2 Å². The third-order valence-corrected chi connectivity index (χ3v) is 1.80. The average molecular weight is 171 g/mol. The van der Waals surface area contributed by atoms with Gasteiger partial charge in [0.1, 0.15) is 0 Å². The third kappa shape index (κ3) is 7.58. The van der Waals surface area contributed by atoms with Crippen molar-refractivity contribution in [1.29, 1.82) is 0 Å². The second-order valence-electron chi connectivity index (χ2n) is 3.64. The summed E-state index contributed by atoms with van der Waals surface area (Å²) < 4.78 is 0. The first-order chi connectivity index (χ1) is 5.66. The first kappa shape index (κ1) is 11.5. The smallest absolute Gasteiger partial charge is 0.220 e. The van der Waals surface area contributed by atoms with Crippen molar-refractivity contribution in [3.05, 3.63) is 0 Å². The van der Waals surface area contributed by atoms with E-state index in [-0.39, 0.29) is 5.91 Å². The van der Waals surface area contributed by atoms with E-state index in [1.165, 1.54) is 0 Å². The Kier molecular flexibility index (Phi) is 6.82. The largest absolute Gasteiger partial charge is 0.356 e. The van der Waals surface area contributed by atoms with Crippen LogP contribution in [0.3, 0.4) is 0 Å². The molecule has 0 aliphatic carbocycles. The molecule has 0 aliphatic rings. The van der Waals surface area contributed by atoms with E-state index in [0.29, 0.717) is 12.3 Å². The third-order valence-electron chi connectivity index (χ3n) is 1.80. The van der Waals surface area contributed by atoms with Crippen LogP contribution in [0.5, 0.6) is 0 Å². The Balaban J connectivity index is 3.22. The summed E-state index contributed by atoms with van der Waals surface area (Å²) in [7, 11) is 0. The van der Waals surface area contributed by atoms with Crippen molar-refractivity contribution >= 4 is 5.91 Å². The van der Waals surface area contributed by atoms with Gasteiger partial charge in [-0.3, -0.25) is 4.79 Å². The zero-order valence-corrected chi connectivity index (χ0v) is 8.52. The molecule has 0 heterocycles. The summed E-state index contributed by atoms with van der Waals surface area (Å²) in [6.07, 6.45) is 3.91. The quantitative estimate of drug-likeness (QED) is 0.611. The van der Waals surface area contributed by atoms with Crippen LogP contribution in [0.25, 0.3) is 0 Å². The number of nitrogens with one attached hydrogen (secondary N) is 1. The van der Waals surface area contributed by atoms with E-state index in [0.717, 1.165) is 25.8 Å². The fourth-order valence-corrected chi connectivity index (χ4v) is 0.913. The highest BCUT2D eigenvalue weighted by atomic mass is 16.1. The molecular formula is C10H21NO. The van der Waals surface area contributed by atoms with Crippen molar-refractivity contribution in [1.82, 2.24) is 5.32 Å². The molecule has 0 fully saturated rings. The highest BCUT2D eigenvalue weighted by Gasteiger charge is 2.01. The minimum atomic E-state index is 0.206. The average Bonchev–Trinajstić information content (AvgIpc) is 2.01. The summed E-state index contributed by atoms with van der Waals surface area (Å²) in [5.74, 6) is 0.832. The number of carbonyl (C=O) groups excluding carboxylic acids is 1. The highest BCUT2D eigenvalue weighted by Crippen LogP contribution is 2.02. The molecule has 0 aromatic heterocycles. The summed E-state index contributed by atoms with van der Waals surface area (Å²) in [6.45, 7) is 7.24. The summed E-state index contributed by atoms with van der Waals surface area (Å²) in [5, 5.41) is 2.90. The van der Waals surface area contributed by atoms with Gasteiger partial charge in [0.15, 0.2) is 0 Å². The molecule has 0 saturated heterocycles. The van der Waals surface area contributed by atoms with Gasteiger partial charge in [-0.2, -0.15) is 0 Å². The maximum atomic E-state index is 11.1. The van der Waals surface area contributed by atoms with E-state index in [1.807, 2.05) is 0 Å². The molecule has 0 spiro atoms. The molecule has 0 aromatic rings. The van der Waals surface area contributed by atoms with Gasteiger partial charge < -0.3 is 5.32 Å². The zero-order valence-electron chi connectivity index (χ0n) is 8.52. The number of rotatable bonds is 6. The summed E-state index contributed by atoms with van der Waals surface area (Å²) in [6, 6.07) is 0. The van der Waals surface area contributed by atoms with Crippen LogP contribution in [0.15, 0.2) is 0 Å². The molecule has 0 rings (SSSR count). The van der Waals surface area contributed by atoms with Gasteiger partial charge in [0.2, 0.25) is 5.91 Å². The molecule has 0 saturated carbocycles. The van der Waals surface area contributed by atoms with Crippen LogP contribution in [-0.4, -0.2) is 12.5 Å². The van der Waals surface area contributed by atoms with Crippen molar-refractivity contribution in [2.45, 2.75) is 46.5 Å². The molecule has 72 valence electrons. The standard InChI is InChI=1S/C10H21NO/c1-4-5-8-11-10(12)7-6-9(2)3/h9H,4-8H2,1-3H3,(H,11,12). The van der Waals surface area contributed by atoms with Gasteiger partial charge in [0, 0.05) is 13.0 Å². The van der Waals surface area contributed by atoms with Crippen LogP contribution in [0.2, 0.25) is 0 Å². The predicted molar refractivity (Wildman–Crippen MR) is 52.0 cm³/mol. The Bertz CT molecular complexity index is 121. The molecule has 0 radical (unpaired) electrons. The molecule has 1 N–H and O–H groups in total. The Morgan fingerprint density at radius 3 is 2.58 bits per heavy atom. The number of carbonyl (C=O) groups is 1. The lowest BCUT2D eigenvalue weighted by Gasteiger charge is -2.05. The molecule has 2 nitrogen and oxygen atoms in total. The van der Waals surface area contributed by atoms with Crippen LogP contribution in [0.1, 0.15) is 46.5 Å². The van der Waals surface area contributed by atoms with Crippen molar-refractivity contribution in [3.63, 3.8) is 0 Å². The molecule has 12 heavy (non-hydrogen) atoms. The van der Waals surface area contributed by atoms with Gasteiger partial charge in [-0.05, 0) is 18.8 Å². The Morgan fingerprint density at radius 2 is 2.08 bits per heavy atom. The second-order valence-corrected chi connectivity index (χ2v) is 3.64. The van der Waals surface area contributed by atoms with E-state index in [2.05, 4.69) is 26.1 Å². The molecule has 0 aliphatic heterocycles. The van der Waals surface area contributed by atoms with Crippen LogP contribution in [0, 0.1) is 5.92 Å². The predicted octanol–water partition coefficient (Wildman–Crippen LogP) is 2.34. The van der Waals surface area contributed by atoms with E-state index >= 15 is 0 Å². The molecule has 0 bridgehead atoms. The lowest BCUT2D eigenvalue weighted by atomic mass is 10.1. The van der Waals surface area contributed by atoms with Gasteiger partial charge in [-0.15, -0.1) is 0 Å². The molecule has 2 heteroatoms. The molecule has 0 aromatic carbocycles. The van der Waals surface area contributed by atoms with Crippen LogP contribution >= 0.6 is 0 Å². The maximum Gasteiger partial charge on any atom is 0.220 e. The van der Waals surface area contributed by atoms with Crippen LogP contribution in [0.4, 0.5) is 0 Å². The van der Waals surface area contributed by atoms with E-state index in [1.54, 1.807) is 0 Å². The van der Waals surface area contributed by atoms with E-state index < -0.39 is 0 Å².